The zero-order chi connectivity index (χ0) is 11.5. The Labute approximate surface area is 103 Å². The maximum atomic E-state index is 5.76. The molecule has 0 aliphatic carbocycles. The van der Waals surface area contributed by atoms with Crippen LogP contribution in [-0.4, -0.2) is 27.6 Å². The zero-order valence-electron chi connectivity index (χ0n) is 10.9. The smallest absolute Gasteiger partial charge is 0.0721 e. The quantitative estimate of drug-likeness (QED) is 0.644. The Bertz CT molecular complexity index is 139. The lowest BCUT2D eigenvalue weighted by Crippen LogP contribution is -2.15. The molecule has 0 spiro atoms. The number of hydrogen-bond acceptors (Lipinski definition) is 1. The molecule has 0 amide bonds. The van der Waals surface area contributed by atoms with Crippen molar-refractivity contribution in [2.24, 2.45) is 0 Å². The fourth-order valence-electron chi connectivity index (χ4n) is 2.41. The van der Waals surface area contributed by atoms with Crippen LogP contribution in [0, 0.1) is 0 Å². The van der Waals surface area contributed by atoms with Crippen LogP contribution in [0.15, 0.2) is 0 Å². The van der Waals surface area contributed by atoms with Gasteiger partial charge in [-0.05, 0) is 6.42 Å². The first-order valence-corrected chi connectivity index (χ1v) is 7.14. The second-order valence-corrected chi connectivity index (χ2v) is 4.98. The molecule has 2 radical (unpaired) electrons. The van der Waals surface area contributed by atoms with Gasteiger partial charge < -0.3 is 4.74 Å². The van der Waals surface area contributed by atoms with E-state index >= 15 is 0 Å². The highest BCUT2D eigenvalue weighted by atomic mass is 16.5. The highest BCUT2D eigenvalue weighted by Crippen LogP contribution is 2.18. The molecular formula is C13H26B2O. The molecule has 1 nitrogen and oxygen atoms in total. The number of hydrogen-bond donors (Lipinski definition) is 0. The van der Waals surface area contributed by atoms with E-state index in [2.05, 4.69) is 21.2 Å². The third-order valence-electron chi connectivity index (χ3n) is 3.41. The molecule has 1 rings (SSSR count). The summed E-state index contributed by atoms with van der Waals surface area (Å²) in [6, 6.07) is 0. The van der Waals surface area contributed by atoms with E-state index < -0.39 is 0 Å². The van der Waals surface area contributed by atoms with Gasteiger partial charge in [0, 0.05) is 13.2 Å². The minimum absolute atomic E-state index is 0.658. The molecule has 1 heterocycles. The fraction of sp³-hybridized carbons (Fsp3) is 1.00. The van der Waals surface area contributed by atoms with Gasteiger partial charge in [-0.3, -0.25) is 0 Å². The van der Waals surface area contributed by atoms with E-state index in [-0.39, 0.29) is 0 Å². The van der Waals surface area contributed by atoms with Crippen molar-refractivity contribution in [3.8, 4) is 0 Å². The van der Waals surface area contributed by atoms with Crippen molar-refractivity contribution in [2.75, 3.05) is 13.2 Å². The van der Waals surface area contributed by atoms with Crippen LogP contribution in [0.25, 0.3) is 0 Å². The van der Waals surface area contributed by atoms with Crippen molar-refractivity contribution in [2.45, 2.75) is 70.4 Å². The summed E-state index contributed by atoms with van der Waals surface area (Å²) in [5.41, 5.74) is 0. The lowest BCUT2D eigenvalue weighted by atomic mass is 9.35. The van der Waals surface area contributed by atoms with E-state index in [4.69, 9.17) is 4.74 Å². The van der Waals surface area contributed by atoms with Gasteiger partial charge in [-0.25, -0.2) is 0 Å². The Kier molecular flexibility index (Phi) is 9.07. The predicted molar refractivity (Wildman–Crippen MR) is 73.5 cm³/mol. The van der Waals surface area contributed by atoms with E-state index in [9.17, 15) is 0 Å². The van der Waals surface area contributed by atoms with E-state index in [0.29, 0.717) is 5.82 Å². The van der Waals surface area contributed by atoms with Gasteiger partial charge in [-0.1, -0.05) is 64.0 Å². The summed E-state index contributed by atoms with van der Waals surface area (Å²) in [4.78, 5) is 0. The Hall–Kier alpha value is 0.0899. The second kappa shape index (κ2) is 10.3. The van der Waals surface area contributed by atoms with Crippen LogP contribution in [0.5, 0.6) is 0 Å². The van der Waals surface area contributed by atoms with Crippen LogP contribution in [0.2, 0.25) is 12.6 Å². The van der Waals surface area contributed by atoms with Gasteiger partial charge in [-0.2, -0.15) is 0 Å². The standard InChI is InChI=1S/C13H26B2O/c1-14-15-13-10-8-6-4-2-3-5-7-9-11-16-12-13/h13H,2-12H2,1H3. The van der Waals surface area contributed by atoms with Crippen molar-refractivity contribution >= 4 is 14.3 Å². The van der Waals surface area contributed by atoms with Gasteiger partial charge in [-0.15, -0.1) is 0 Å². The summed E-state index contributed by atoms with van der Waals surface area (Å²) in [7, 11) is 4.49. The van der Waals surface area contributed by atoms with Gasteiger partial charge in [0.25, 0.3) is 0 Å². The molecule has 0 bridgehead atoms. The lowest BCUT2D eigenvalue weighted by molar-refractivity contribution is 0.126. The molecule has 0 N–H and O–H groups in total. The maximum Gasteiger partial charge on any atom is 0.0721 e. The molecule has 1 fully saturated rings. The minimum atomic E-state index is 0.658. The van der Waals surface area contributed by atoms with Crippen molar-refractivity contribution in [3.05, 3.63) is 0 Å². The molecule has 0 aromatic carbocycles. The number of ether oxygens (including phenoxy) is 1. The van der Waals surface area contributed by atoms with Crippen molar-refractivity contribution in [1.82, 2.24) is 0 Å². The summed E-state index contributed by atoms with van der Waals surface area (Å²) in [5.74, 6) is 0.658. The summed E-state index contributed by atoms with van der Waals surface area (Å²) < 4.78 is 5.76. The third kappa shape index (κ3) is 7.38. The van der Waals surface area contributed by atoms with Crippen LogP contribution in [0.4, 0.5) is 0 Å². The maximum absolute atomic E-state index is 5.76. The molecule has 3 heteroatoms. The molecule has 0 saturated carbocycles. The molecule has 1 aliphatic rings. The Morgan fingerprint density at radius 2 is 1.50 bits per heavy atom. The predicted octanol–water partition coefficient (Wildman–Crippen LogP) is 3.69. The van der Waals surface area contributed by atoms with Crippen LogP contribution in [0.1, 0.15) is 57.8 Å². The zero-order valence-corrected chi connectivity index (χ0v) is 10.9. The average molecular weight is 220 g/mol. The Balaban J connectivity index is 2.20. The molecule has 0 aromatic heterocycles. The van der Waals surface area contributed by atoms with E-state index in [0.717, 1.165) is 13.2 Å². The summed E-state index contributed by atoms with van der Waals surface area (Å²) in [5, 5.41) is 0. The van der Waals surface area contributed by atoms with E-state index in [1.54, 1.807) is 0 Å². The molecule has 1 unspecified atom stereocenters. The SMILES string of the molecule is C[B][B]C1CCCCCCCCCCOC1. The highest BCUT2D eigenvalue weighted by molar-refractivity contribution is 7.00. The average Bonchev–Trinajstić information content (AvgIpc) is 2.31. The first-order chi connectivity index (χ1) is 7.93. The van der Waals surface area contributed by atoms with Gasteiger partial charge in [0.05, 0.1) is 14.3 Å². The van der Waals surface area contributed by atoms with Crippen molar-refractivity contribution in [1.29, 1.82) is 0 Å². The largest absolute Gasteiger partial charge is 0.382 e. The fourth-order valence-corrected chi connectivity index (χ4v) is 2.41. The van der Waals surface area contributed by atoms with Crippen molar-refractivity contribution < 1.29 is 4.74 Å². The first-order valence-electron chi connectivity index (χ1n) is 7.14. The van der Waals surface area contributed by atoms with Gasteiger partial charge in [0.1, 0.15) is 0 Å². The molecule has 0 aromatic rings. The molecule has 1 saturated heterocycles. The van der Waals surface area contributed by atoms with E-state index in [1.165, 1.54) is 57.8 Å². The third-order valence-corrected chi connectivity index (χ3v) is 3.41. The Morgan fingerprint density at radius 1 is 0.875 bits per heavy atom. The van der Waals surface area contributed by atoms with E-state index in [1.807, 2.05) is 0 Å². The Morgan fingerprint density at radius 3 is 2.19 bits per heavy atom. The molecule has 1 atom stereocenters. The molecule has 16 heavy (non-hydrogen) atoms. The monoisotopic (exact) mass is 220 g/mol. The molecule has 90 valence electrons. The molecule has 1 aliphatic heterocycles. The first kappa shape index (κ1) is 14.2. The van der Waals surface area contributed by atoms with Gasteiger partial charge in [0.15, 0.2) is 0 Å². The van der Waals surface area contributed by atoms with Crippen LogP contribution in [0.3, 0.4) is 0 Å². The summed E-state index contributed by atoms with van der Waals surface area (Å²) in [6.45, 7) is 4.01. The van der Waals surface area contributed by atoms with Gasteiger partial charge >= 0.3 is 0 Å². The highest BCUT2D eigenvalue weighted by Gasteiger charge is 2.09. The normalized spacial score (nSPS) is 25.9. The summed E-state index contributed by atoms with van der Waals surface area (Å²) in [6.07, 6.45) is 12.4. The van der Waals surface area contributed by atoms with Gasteiger partial charge in [0.2, 0.25) is 0 Å². The van der Waals surface area contributed by atoms with Crippen LogP contribution in [-0.2, 0) is 4.74 Å². The minimum Gasteiger partial charge on any atom is -0.382 e. The number of rotatable bonds is 2. The van der Waals surface area contributed by atoms with Crippen LogP contribution < -0.4 is 0 Å². The summed E-state index contributed by atoms with van der Waals surface area (Å²) >= 11 is 0. The second-order valence-electron chi connectivity index (χ2n) is 4.98. The van der Waals surface area contributed by atoms with Crippen LogP contribution >= 0.6 is 0 Å². The van der Waals surface area contributed by atoms with Crippen molar-refractivity contribution in [3.63, 3.8) is 0 Å². The lowest BCUT2D eigenvalue weighted by Gasteiger charge is -2.15. The topological polar surface area (TPSA) is 9.23 Å². The molecular weight excluding hydrogens is 194 g/mol.